The Kier molecular flexibility index (Phi) is 5.51. The lowest BCUT2D eigenvalue weighted by Gasteiger charge is -2.07. The fourth-order valence-electron chi connectivity index (χ4n) is 2.32. The number of carbonyl (C=O) groups excluding carboxylic acids is 4. The van der Waals surface area contributed by atoms with Crippen LogP contribution in [-0.4, -0.2) is 40.0 Å². The molecule has 0 bridgehead atoms. The summed E-state index contributed by atoms with van der Waals surface area (Å²) in [5, 5.41) is 6.53. The molecular formula is C17H18N4O5. The van der Waals surface area contributed by atoms with Crippen LogP contribution in [0.25, 0.3) is 0 Å². The molecule has 0 aliphatic rings. The van der Waals surface area contributed by atoms with Gasteiger partial charge in [0.2, 0.25) is 5.91 Å². The van der Waals surface area contributed by atoms with Crippen LogP contribution < -0.4 is 11.1 Å². The third-order valence-corrected chi connectivity index (χ3v) is 3.71. The van der Waals surface area contributed by atoms with E-state index in [2.05, 4.69) is 10.4 Å². The van der Waals surface area contributed by atoms with E-state index in [1.807, 2.05) is 0 Å². The average Bonchev–Trinajstić information content (AvgIpc) is 2.84. The monoisotopic (exact) mass is 358 g/mol. The first-order chi connectivity index (χ1) is 12.2. The van der Waals surface area contributed by atoms with Gasteiger partial charge in [0.15, 0.2) is 6.61 Å². The van der Waals surface area contributed by atoms with Crippen LogP contribution in [0.3, 0.4) is 0 Å². The molecule has 0 saturated carbocycles. The second-order valence-corrected chi connectivity index (χ2v) is 5.56. The van der Waals surface area contributed by atoms with Crippen LogP contribution >= 0.6 is 0 Å². The van der Waals surface area contributed by atoms with Gasteiger partial charge in [-0.1, -0.05) is 0 Å². The fraction of sp³-hybridized carbons (Fsp3) is 0.235. The largest absolute Gasteiger partial charge is 0.450 e. The van der Waals surface area contributed by atoms with Crippen molar-refractivity contribution in [1.82, 2.24) is 9.78 Å². The number of ketones is 1. The number of nitrogens with one attached hydrogen (secondary N) is 1. The molecule has 0 aliphatic carbocycles. The van der Waals surface area contributed by atoms with Crippen LogP contribution in [0.2, 0.25) is 0 Å². The van der Waals surface area contributed by atoms with Gasteiger partial charge in [-0.15, -0.1) is 0 Å². The summed E-state index contributed by atoms with van der Waals surface area (Å²) in [5.74, 6) is -3.20. The highest BCUT2D eigenvalue weighted by atomic mass is 16.5. The first-order valence-electron chi connectivity index (χ1n) is 7.62. The molecular weight excluding hydrogens is 340 g/mol. The van der Waals surface area contributed by atoms with Crippen LogP contribution in [0.15, 0.2) is 24.3 Å². The minimum Gasteiger partial charge on any atom is -0.450 e. The van der Waals surface area contributed by atoms with E-state index in [1.165, 1.54) is 28.9 Å². The summed E-state index contributed by atoms with van der Waals surface area (Å²) in [7, 11) is 1.65. The smallest absolute Gasteiger partial charge is 0.380 e. The second-order valence-electron chi connectivity index (χ2n) is 5.56. The number of Topliss-reactive ketones (excluding diaryl/α,β-unsaturated/α-hetero) is 1. The zero-order valence-electron chi connectivity index (χ0n) is 14.5. The van der Waals surface area contributed by atoms with Gasteiger partial charge in [0.1, 0.15) is 0 Å². The van der Waals surface area contributed by atoms with E-state index in [9.17, 15) is 19.2 Å². The van der Waals surface area contributed by atoms with Crippen molar-refractivity contribution in [3.05, 3.63) is 46.8 Å². The lowest BCUT2D eigenvalue weighted by molar-refractivity contribution is -0.142. The van der Waals surface area contributed by atoms with E-state index < -0.39 is 30.2 Å². The molecule has 0 radical (unpaired) electrons. The molecule has 0 fully saturated rings. The molecule has 9 nitrogen and oxygen atoms in total. The van der Waals surface area contributed by atoms with Crippen molar-refractivity contribution in [3.8, 4) is 0 Å². The lowest BCUT2D eigenvalue weighted by atomic mass is 10.1. The molecule has 1 aromatic heterocycles. The van der Waals surface area contributed by atoms with Gasteiger partial charge in [-0.25, -0.2) is 4.79 Å². The maximum Gasteiger partial charge on any atom is 0.380 e. The molecule has 3 N–H and O–H groups in total. The molecule has 1 heterocycles. The Hall–Kier alpha value is -3.49. The summed E-state index contributed by atoms with van der Waals surface area (Å²) in [4.78, 5) is 46.9. The van der Waals surface area contributed by atoms with Crippen molar-refractivity contribution < 1.29 is 23.9 Å². The number of hydrogen-bond donors (Lipinski definition) is 2. The summed E-state index contributed by atoms with van der Waals surface area (Å²) < 4.78 is 6.25. The maximum absolute atomic E-state index is 12.2. The number of hydrogen-bond acceptors (Lipinski definition) is 6. The van der Waals surface area contributed by atoms with Gasteiger partial charge in [0.25, 0.3) is 11.7 Å². The highest BCUT2D eigenvalue weighted by molar-refractivity contribution is 6.41. The van der Waals surface area contributed by atoms with Crippen molar-refractivity contribution in [1.29, 1.82) is 0 Å². The van der Waals surface area contributed by atoms with Gasteiger partial charge in [-0.2, -0.15) is 5.10 Å². The number of esters is 1. The maximum atomic E-state index is 12.2. The highest BCUT2D eigenvalue weighted by Gasteiger charge is 2.25. The molecule has 26 heavy (non-hydrogen) atoms. The SMILES string of the molecule is Cc1nn(C)c(C)c1C(=O)C(=O)OCC(=O)Nc1ccc(C(N)=O)cc1. The number of nitrogens with two attached hydrogens (primary N) is 1. The van der Waals surface area contributed by atoms with E-state index in [0.29, 0.717) is 22.6 Å². The minimum absolute atomic E-state index is 0.167. The number of primary amides is 1. The zero-order valence-corrected chi connectivity index (χ0v) is 14.5. The van der Waals surface area contributed by atoms with Crippen molar-refractivity contribution in [2.24, 2.45) is 12.8 Å². The third kappa shape index (κ3) is 4.12. The summed E-state index contributed by atoms with van der Waals surface area (Å²) in [6.07, 6.45) is 0. The van der Waals surface area contributed by atoms with Crippen LogP contribution in [0.5, 0.6) is 0 Å². The van der Waals surface area contributed by atoms with Crippen molar-refractivity contribution in [3.63, 3.8) is 0 Å². The Bertz CT molecular complexity index is 883. The number of aryl methyl sites for hydroxylation is 2. The zero-order chi connectivity index (χ0) is 19.4. The summed E-state index contributed by atoms with van der Waals surface area (Å²) >= 11 is 0. The van der Waals surface area contributed by atoms with Gasteiger partial charge in [-0.05, 0) is 38.1 Å². The number of ether oxygens (including phenoxy) is 1. The fourth-order valence-corrected chi connectivity index (χ4v) is 2.32. The summed E-state index contributed by atoms with van der Waals surface area (Å²) in [6, 6.07) is 5.85. The van der Waals surface area contributed by atoms with Gasteiger partial charge in [0, 0.05) is 24.0 Å². The molecule has 0 saturated heterocycles. The number of nitrogens with zero attached hydrogens (tertiary/aromatic N) is 2. The molecule has 0 unspecified atom stereocenters. The van der Waals surface area contributed by atoms with E-state index in [1.54, 1.807) is 20.9 Å². The lowest BCUT2D eigenvalue weighted by Crippen LogP contribution is -2.25. The van der Waals surface area contributed by atoms with Crippen molar-refractivity contribution in [2.45, 2.75) is 13.8 Å². The molecule has 0 spiro atoms. The Morgan fingerprint density at radius 3 is 2.27 bits per heavy atom. The first kappa shape index (κ1) is 18.8. The van der Waals surface area contributed by atoms with E-state index in [0.717, 1.165) is 0 Å². The van der Waals surface area contributed by atoms with Crippen LogP contribution in [0, 0.1) is 13.8 Å². The number of aromatic nitrogens is 2. The van der Waals surface area contributed by atoms with Gasteiger partial charge >= 0.3 is 5.97 Å². The predicted molar refractivity (Wildman–Crippen MR) is 91.6 cm³/mol. The predicted octanol–water partition coefficient (Wildman–Crippen LogP) is 0.500. The molecule has 2 rings (SSSR count). The van der Waals surface area contributed by atoms with E-state index in [4.69, 9.17) is 10.5 Å². The quantitative estimate of drug-likeness (QED) is 0.439. The van der Waals surface area contributed by atoms with E-state index in [-0.39, 0.29) is 5.56 Å². The Morgan fingerprint density at radius 2 is 1.77 bits per heavy atom. The number of benzene rings is 1. The Morgan fingerprint density at radius 1 is 1.15 bits per heavy atom. The van der Waals surface area contributed by atoms with Gasteiger partial charge in [0.05, 0.1) is 11.3 Å². The molecule has 1 aromatic carbocycles. The highest BCUT2D eigenvalue weighted by Crippen LogP contribution is 2.13. The Balaban J connectivity index is 1.93. The van der Waals surface area contributed by atoms with Crippen LogP contribution in [-0.2, 0) is 21.4 Å². The molecule has 2 aromatic rings. The van der Waals surface area contributed by atoms with Crippen LogP contribution in [0.1, 0.15) is 32.1 Å². The van der Waals surface area contributed by atoms with Crippen LogP contribution in [0.4, 0.5) is 5.69 Å². The topological polar surface area (TPSA) is 133 Å². The summed E-state index contributed by atoms with van der Waals surface area (Å²) in [6.45, 7) is 2.64. The van der Waals surface area contributed by atoms with Gasteiger partial charge < -0.3 is 15.8 Å². The molecule has 2 amide bonds. The standard InChI is InChI=1S/C17H18N4O5/c1-9-14(10(2)21(3)20-9)15(23)17(25)26-8-13(22)19-12-6-4-11(5-7-12)16(18)24/h4-7H,8H2,1-3H3,(H2,18,24)(H,19,22). The number of carbonyl (C=O) groups is 4. The second kappa shape index (κ2) is 7.60. The van der Waals surface area contributed by atoms with Crippen molar-refractivity contribution >= 4 is 29.3 Å². The normalized spacial score (nSPS) is 10.3. The Labute approximate surface area is 149 Å². The molecule has 0 aliphatic heterocycles. The number of anilines is 1. The number of rotatable bonds is 6. The summed E-state index contributed by atoms with van der Waals surface area (Å²) in [5.41, 5.74) is 6.91. The van der Waals surface area contributed by atoms with E-state index >= 15 is 0 Å². The minimum atomic E-state index is -1.14. The third-order valence-electron chi connectivity index (χ3n) is 3.71. The number of amides is 2. The average molecular weight is 358 g/mol. The van der Waals surface area contributed by atoms with Gasteiger partial charge in [-0.3, -0.25) is 19.1 Å². The first-order valence-corrected chi connectivity index (χ1v) is 7.62. The molecule has 0 atom stereocenters. The van der Waals surface area contributed by atoms with Crippen molar-refractivity contribution in [2.75, 3.05) is 11.9 Å². The molecule has 9 heteroatoms. The molecule has 136 valence electrons.